The molecular formula is C14H16F2O3. The third-order valence-electron chi connectivity index (χ3n) is 2.51. The Balaban J connectivity index is 2.79. The van der Waals surface area contributed by atoms with Crippen LogP contribution in [-0.2, 0) is 15.5 Å². The first kappa shape index (κ1) is 15.1. The number of hydrogen-bond donors (Lipinski definition) is 0. The molecule has 1 rings (SSSR count). The number of esters is 1. The highest BCUT2D eigenvalue weighted by atomic mass is 19.3. The van der Waals surface area contributed by atoms with Crippen molar-refractivity contribution < 1.29 is 23.0 Å². The maximum Gasteiger partial charge on any atom is 0.333 e. The first-order valence-electron chi connectivity index (χ1n) is 5.78. The molecule has 0 saturated carbocycles. The molecule has 19 heavy (non-hydrogen) atoms. The topological polar surface area (TPSA) is 35.5 Å². The number of hydrogen-bond acceptors (Lipinski definition) is 3. The third kappa shape index (κ3) is 4.05. The summed E-state index contributed by atoms with van der Waals surface area (Å²) < 4.78 is 37.4. The summed E-state index contributed by atoms with van der Waals surface area (Å²) >= 11 is 0. The molecule has 3 nitrogen and oxygen atoms in total. The molecule has 0 atom stereocenters. The fourth-order valence-electron chi connectivity index (χ4n) is 1.51. The monoisotopic (exact) mass is 270 g/mol. The van der Waals surface area contributed by atoms with E-state index in [9.17, 15) is 13.6 Å². The van der Waals surface area contributed by atoms with Gasteiger partial charge in [-0.1, -0.05) is 6.58 Å². The maximum atomic E-state index is 13.9. The highest BCUT2D eigenvalue weighted by Gasteiger charge is 2.34. The molecule has 0 unspecified atom stereocenters. The minimum Gasteiger partial charge on any atom is -0.497 e. The number of methoxy groups -OCH3 is 1. The molecule has 0 N–H and O–H groups in total. The lowest BCUT2D eigenvalue weighted by molar-refractivity contribution is -0.139. The zero-order valence-corrected chi connectivity index (χ0v) is 10.9. The van der Waals surface area contributed by atoms with Crippen LogP contribution in [0.2, 0.25) is 0 Å². The van der Waals surface area contributed by atoms with Gasteiger partial charge in [0.25, 0.3) is 5.92 Å². The van der Waals surface area contributed by atoms with Gasteiger partial charge >= 0.3 is 5.97 Å². The van der Waals surface area contributed by atoms with E-state index in [1.165, 1.54) is 31.4 Å². The quantitative estimate of drug-likeness (QED) is 0.587. The van der Waals surface area contributed by atoms with E-state index < -0.39 is 18.3 Å². The molecule has 0 aliphatic carbocycles. The lowest BCUT2D eigenvalue weighted by atomic mass is 10.0. The van der Waals surface area contributed by atoms with Crippen molar-refractivity contribution in [2.24, 2.45) is 0 Å². The molecule has 1 aromatic rings. The zero-order valence-electron chi connectivity index (χ0n) is 10.9. The van der Waals surface area contributed by atoms with Crippen LogP contribution in [0.4, 0.5) is 8.78 Å². The summed E-state index contributed by atoms with van der Waals surface area (Å²) in [4.78, 5) is 11.3. The van der Waals surface area contributed by atoms with Crippen molar-refractivity contribution in [2.45, 2.75) is 19.3 Å². The summed E-state index contributed by atoms with van der Waals surface area (Å²) in [5.74, 6) is -3.48. The number of rotatable bonds is 6. The van der Waals surface area contributed by atoms with Crippen molar-refractivity contribution in [3.05, 3.63) is 42.0 Å². The molecule has 5 heteroatoms. The summed E-state index contributed by atoms with van der Waals surface area (Å²) in [5, 5.41) is 0. The van der Waals surface area contributed by atoms with Crippen LogP contribution >= 0.6 is 0 Å². The summed E-state index contributed by atoms with van der Waals surface area (Å²) in [6.07, 6.45) is -0.766. The Labute approximate surface area is 110 Å². The van der Waals surface area contributed by atoms with E-state index in [1.54, 1.807) is 6.92 Å². The van der Waals surface area contributed by atoms with Crippen molar-refractivity contribution in [3.63, 3.8) is 0 Å². The molecule has 104 valence electrons. The zero-order chi connectivity index (χ0) is 14.5. The van der Waals surface area contributed by atoms with Crippen molar-refractivity contribution in [2.75, 3.05) is 13.7 Å². The molecule has 0 fully saturated rings. The van der Waals surface area contributed by atoms with Gasteiger partial charge in [0.1, 0.15) is 5.75 Å². The van der Waals surface area contributed by atoms with Crippen molar-refractivity contribution in [1.82, 2.24) is 0 Å². The molecule has 0 aromatic heterocycles. The minimum atomic E-state index is -3.17. The largest absolute Gasteiger partial charge is 0.497 e. The van der Waals surface area contributed by atoms with Gasteiger partial charge in [0.05, 0.1) is 13.7 Å². The normalized spacial score (nSPS) is 10.9. The second kappa shape index (κ2) is 6.31. The summed E-state index contributed by atoms with van der Waals surface area (Å²) in [7, 11) is 1.45. The molecule has 0 bridgehead atoms. The molecule has 0 amide bonds. The van der Waals surface area contributed by atoms with Crippen LogP contribution in [0.15, 0.2) is 36.4 Å². The average molecular weight is 270 g/mol. The maximum absolute atomic E-state index is 13.9. The lowest BCUT2D eigenvalue weighted by Crippen LogP contribution is -2.18. The Morgan fingerprint density at radius 1 is 1.32 bits per heavy atom. The highest BCUT2D eigenvalue weighted by Crippen LogP contribution is 2.35. The van der Waals surface area contributed by atoms with Crippen LogP contribution in [0.5, 0.6) is 5.75 Å². The predicted octanol–water partition coefficient (Wildman–Crippen LogP) is 3.30. The molecule has 0 aliphatic heterocycles. The number of benzene rings is 1. The van der Waals surface area contributed by atoms with Crippen molar-refractivity contribution in [3.8, 4) is 5.75 Å². The Morgan fingerprint density at radius 3 is 2.37 bits per heavy atom. The first-order valence-corrected chi connectivity index (χ1v) is 5.78. The van der Waals surface area contributed by atoms with E-state index in [1.807, 2.05) is 0 Å². The van der Waals surface area contributed by atoms with Gasteiger partial charge in [-0.15, -0.1) is 0 Å². The number of ether oxygens (including phenoxy) is 2. The van der Waals surface area contributed by atoms with Gasteiger partial charge in [-0.3, -0.25) is 0 Å². The van der Waals surface area contributed by atoms with Gasteiger partial charge < -0.3 is 9.47 Å². The molecule has 0 radical (unpaired) electrons. The molecule has 0 aliphatic rings. The standard InChI is InChI=1S/C14H16F2O3/c1-4-19-13(17)10(2)9-14(15,16)11-5-7-12(18-3)8-6-11/h5-8H,2,4,9H2,1,3H3. The highest BCUT2D eigenvalue weighted by molar-refractivity contribution is 5.87. The van der Waals surface area contributed by atoms with E-state index in [2.05, 4.69) is 11.3 Å². The molecule has 0 saturated heterocycles. The smallest absolute Gasteiger partial charge is 0.333 e. The molecule has 1 aromatic carbocycles. The molecule has 0 spiro atoms. The SMILES string of the molecule is C=C(CC(F)(F)c1ccc(OC)cc1)C(=O)OCC. The Bertz CT molecular complexity index is 452. The second-order valence-corrected chi connectivity index (χ2v) is 3.93. The van der Waals surface area contributed by atoms with E-state index in [0.29, 0.717) is 5.75 Å². The van der Waals surface area contributed by atoms with Crippen LogP contribution in [0.25, 0.3) is 0 Å². The average Bonchev–Trinajstić information content (AvgIpc) is 2.38. The van der Waals surface area contributed by atoms with Crippen LogP contribution < -0.4 is 4.74 Å². The van der Waals surface area contributed by atoms with Gasteiger partial charge in [0.2, 0.25) is 0 Å². The Morgan fingerprint density at radius 2 is 1.89 bits per heavy atom. The van der Waals surface area contributed by atoms with E-state index in [-0.39, 0.29) is 17.7 Å². The number of carbonyl (C=O) groups excluding carboxylic acids is 1. The van der Waals surface area contributed by atoms with Gasteiger partial charge in [0.15, 0.2) is 0 Å². The summed E-state index contributed by atoms with van der Waals surface area (Å²) in [6.45, 7) is 5.07. The van der Waals surface area contributed by atoms with Crippen LogP contribution in [0.1, 0.15) is 18.9 Å². The lowest BCUT2D eigenvalue weighted by Gasteiger charge is -2.17. The van der Waals surface area contributed by atoms with Crippen molar-refractivity contribution >= 4 is 5.97 Å². The number of carbonyl (C=O) groups is 1. The number of alkyl halides is 2. The fourth-order valence-corrected chi connectivity index (χ4v) is 1.51. The Kier molecular flexibility index (Phi) is 5.03. The number of halogens is 2. The van der Waals surface area contributed by atoms with Crippen molar-refractivity contribution in [1.29, 1.82) is 0 Å². The summed E-state index contributed by atoms with van der Waals surface area (Å²) in [6, 6.07) is 5.40. The van der Waals surface area contributed by atoms with Gasteiger partial charge in [-0.2, -0.15) is 0 Å². The predicted molar refractivity (Wildman–Crippen MR) is 67.3 cm³/mol. The van der Waals surface area contributed by atoms with Crippen LogP contribution in [0.3, 0.4) is 0 Å². The van der Waals surface area contributed by atoms with Gasteiger partial charge in [0, 0.05) is 17.6 Å². The van der Waals surface area contributed by atoms with Gasteiger partial charge in [-0.25, -0.2) is 13.6 Å². The first-order chi connectivity index (χ1) is 8.90. The van der Waals surface area contributed by atoms with E-state index in [0.717, 1.165) is 0 Å². The molecule has 0 heterocycles. The summed E-state index contributed by atoms with van der Waals surface area (Å²) in [5.41, 5.74) is -0.443. The Hall–Kier alpha value is -1.91. The molecular weight excluding hydrogens is 254 g/mol. The van der Waals surface area contributed by atoms with E-state index in [4.69, 9.17) is 4.74 Å². The second-order valence-electron chi connectivity index (χ2n) is 3.93. The third-order valence-corrected chi connectivity index (χ3v) is 2.51. The fraction of sp³-hybridized carbons (Fsp3) is 0.357. The van der Waals surface area contributed by atoms with Crippen LogP contribution in [0, 0.1) is 0 Å². The minimum absolute atomic E-state index is 0.131. The van der Waals surface area contributed by atoms with E-state index >= 15 is 0 Å². The van der Waals surface area contributed by atoms with Crippen LogP contribution in [-0.4, -0.2) is 19.7 Å². The van der Waals surface area contributed by atoms with Gasteiger partial charge in [-0.05, 0) is 31.2 Å².